The molecule has 0 amide bonds. The zero-order chi connectivity index (χ0) is 25.1. The van der Waals surface area contributed by atoms with Gasteiger partial charge in [0.15, 0.2) is 0 Å². The van der Waals surface area contributed by atoms with Gasteiger partial charge in [-0.15, -0.1) is 11.3 Å². The molecule has 0 saturated carbocycles. The number of benzene rings is 3. The van der Waals surface area contributed by atoms with E-state index in [-0.39, 0.29) is 20.4 Å². The lowest BCUT2D eigenvalue weighted by Crippen LogP contribution is -2.36. The molecule has 4 rings (SSSR count). The van der Waals surface area contributed by atoms with Crippen LogP contribution in [0.25, 0.3) is 0 Å². The van der Waals surface area contributed by atoms with Gasteiger partial charge in [0.2, 0.25) is 0 Å². The van der Waals surface area contributed by atoms with E-state index in [1.165, 1.54) is 48.5 Å². The first-order chi connectivity index (χ1) is 16.7. The lowest BCUT2D eigenvalue weighted by Gasteiger charge is -2.24. The molecule has 0 aliphatic carbocycles. The third kappa shape index (κ3) is 5.29. The van der Waals surface area contributed by atoms with Crippen molar-refractivity contribution in [3.63, 3.8) is 0 Å². The molecule has 4 aromatic rings. The van der Waals surface area contributed by atoms with Crippen molar-refractivity contribution >= 4 is 43.0 Å². The van der Waals surface area contributed by atoms with Crippen LogP contribution in [0.5, 0.6) is 0 Å². The number of hydrogen-bond acceptors (Lipinski definition) is 6. The Morgan fingerprint density at radius 2 is 1.40 bits per heavy atom. The SMILES string of the molecule is O=C(O)c1cccc(CCc2cccc(N(S(=O)(=O)c3ccccc3)S(=O)(=O)c3cccs3)c2)c1. The maximum absolute atomic E-state index is 13.6. The number of aryl methyl sites for hydroxylation is 2. The normalized spacial score (nSPS) is 11.8. The molecule has 180 valence electrons. The van der Waals surface area contributed by atoms with Gasteiger partial charge < -0.3 is 5.11 Å². The highest BCUT2D eigenvalue weighted by Crippen LogP contribution is 2.33. The molecule has 0 bridgehead atoms. The monoisotopic (exact) mass is 527 g/mol. The zero-order valence-electron chi connectivity index (χ0n) is 18.3. The van der Waals surface area contributed by atoms with Crippen molar-refractivity contribution in [2.24, 2.45) is 0 Å². The third-order valence-electron chi connectivity index (χ3n) is 5.22. The average Bonchev–Trinajstić information content (AvgIpc) is 3.40. The Labute approximate surface area is 208 Å². The molecule has 0 aliphatic rings. The van der Waals surface area contributed by atoms with Crippen molar-refractivity contribution in [1.82, 2.24) is 0 Å². The van der Waals surface area contributed by atoms with Gasteiger partial charge in [-0.2, -0.15) is 12.1 Å². The minimum atomic E-state index is -4.45. The van der Waals surface area contributed by atoms with Crippen molar-refractivity contribution in [2.45, 2.75) is 21.9 Å². The molecule has 1 N–H and O–H groups in total. The number of carbonyl (C=O) groups is 1. The second-order valence-electron chi connectivity index (χ2n) is 7.63. The number of sulfonamides is 2. The zero-order valence-corrected chi connectivity index (χ0v) is 20.8. The summed E-state index contributed by atoms with van der Waals surface area (Å²) in [6.07, 6.45) is 0.947. The third-order valence-corrected chi connectivity index (χ3v) is 10.8. The van der Waals surface area contributed by atoms with Crippen molar-refractivity contribution in [3.05, 3.63) is 113 Å². The first-order valence-electron chi connectivity index (χ1n) is 10.5. The van der Waals surface area contributed by atoms with Crippen molar-refractivity contribution in [3.8, 4) is 0 Å². The molecule has 0 atom stereocenters. The predicted octanol–water partition coefficient (Wildman–Crippen LogP) is 4.82. The van der Waals surface area contributed by atoms with Gasteiger partial charge in [0.1, 0.15) is 4.21 Å². The number of hydrogen-bond donors (Lipinski definition) is 1. The largest absolute Gasteiger partial charge is 0.478 e. The molecule has 0 unspecified atom stereocenters. The molecule has 10 heteroatoms. The van der Waals surface area contributed by atoms with Crippen LogP contribution in [0, 0.1) is 0 Å². The van der Waals surface area contributed by atoms with Crippen LogP contribution in [0.4, 0.5) is 5.69 Å². The first-order valence-corrected chi connectivity index (χ1v) is 14.3. The van der Waals surface area contributed by atoms with Crippen molar-refractivity contribution in [1.29, 1.82) is 0 Å². The van der Waals surface area contributed by atoms with Crippen molar-refractivity contribution < 1.29 is 26.7 Å². The summed E-state index contributed by atoms with van der Waals surface area (Å²) in [4.78, 5) is 11.1. The Morgan fingerprint density at radius 3 is 2.03 bits per heavy atom. The summed E-state index contributed by atoms with van der Waals surface area (Å²) in [5, 5.41) is 10.8. The van der Waals surface area contributed by atoms with E-state index in [1.807, 2.05) is 6.07 Å². The van der Waals surface area contributed by atoms with E-state index in [2.05, 4.69) is 0 Å². The first kappa shape index (κ1) is 24.6. The molecule has 1 aromatic heterocycles. The number of nitrogens with zero attached hydrogens (tertiary/aromatic N) is 1. The fraction of sp³-hybridized carbons (Fsp3) is 0.0800. The second-order valence-corrected chi connectivity index (χ2v) is 12.6. The van der Waals surface area contributed by atoms with Gasteiger partial charge in [-0.3, -0.25) is 0 Å². The summed E-state index contributed by atoms with van der Waals surface area (Å²) in [6, 6.07) is 23.3. The smallest absolute Gasteiger partial charge is 0.335 e. The quantitative estimate of drug-likeness (QED) is 0.334. The fourth-order valence-corrected chi connectivity index (χ4v) is 8.45. The van der Waals surface area contributed by atoms with Gasteiger partial charge in [-0.25, -0.2) is 13.2 Å². The summed E-state index contributed by atoms with van der Waals surface area (Å²) in [6.45, 7) is 0. The Hall–Kier alpha value is -3.47. The molecule has 0 radical (unpaired) electrons. The number of aromatic carboxylic acids is 1. The Bertz CT molecular complexity index is 1550. The van der Waals surface area contributed by atoms with Gasteiger partial charge in [0.05, 0.1) is 16.1 Å². The molecule has 3 aromatic carbocycles. The highest BCUT2D eigenvalue weighted by molar-refractivity contribution is 8.11. The van der Waals surface area contributed by atoms with Crippen molar-refractivity contribution in [2.75, 3.05) is 3.71 Å². The Morgan fingerprint density at radius 1 is 0.743 bits per heavy atom. The summed E-state index contributed by atoms with van der Waals surface area (Å²) >= 11 is 0.938. The number of carboxylic acids is 1. The highest BCUT2D eigenvalue weighted by atomic mass is 32.3. The summed E-state index contributed by atoms with van der Waals surface area (Å²) < 4.78 is 54.5. The van der Waals surface area contributed by atoms with Gasteiger partial charge in [0.25, 0.3) is 20.0 Å². The number of anilines is 1. The van der Waals surface area contributed by atoms with Gasteiger partial charge in [-0.05, 0) is 71.8 Å². The topological polar surface area (TPSA) is 109 Å². The van der Waals surface area contributed by atoms with Crippen LogP contribution in [-0.4, -0.2) is 27.9 Å². The van der Waals surface area contributed by atoms with E-state index in [0.717, 1.165) is 16.9 Å². The predicted molar refractivity (Wildman–Crippen MR) is 135 cm³/mol. The van der Waals surface area contributed by atoms with Gasteiger partial charge in [-0.1, -0.05) is 48.5 Å². The van der Waals surface area contributed by atoms with E-state index in [1.54, 1.807) is 41.8 Å². The van der Waals surface area contributed by atoms with Crippen LogP contribution >= 0.6 is 11.3 Å². The standard InChI is InChI=1S/C25H21NO6S3/c27-25(28)21-9-4-7-19(17-21)14-15-20-8-5-10-22(18-20)26(35(31,32)24-13-6-16-33-24)34(29,30)23-11-2-1-3-12-23/h1-13,16-18H,14-15H2,(H,27,28). The van der Waals surface area contributed by atoms with Gasteiger partial charge >= 0.3 is 5.97 Å². The lowest BCUT2D eigenvalue weighted by molar-refractivity contribution is 0.0696. The molecule has 7 nitrogen and oxygen atoms in total. The summed E-state index contributed by atoms with van der Waals surface area (Å²) in [5.74, 6) is -1.02. The maximum Gasteiger partial charge on any atom is 0.335 e. The van der Waals surface area contributed by atoms with E-state index >= 15 is 0 Å². The van der Waals surface area contributed by atoms with E-state index in [4.69, 9.17) is 0 Å². The highest BCUT2D eigenvalue weighted by Gasteiger charge is 2.37. The number of rotatable bonds is 9. The summed E-state index contributed by atoms with van der Waals surface area (Å²) in [7, 11) is -8.87. The van der Waals surface area contributed by atoms with Crippen LogP contribution < -0.4 is 3.71 Å². The van der Waals surface area contributed by atoms with Gasteiger partial charge in [0, 0.05) is 0 Å². The minimum absolute atomic E-state index is 0.000889. The molecule has 1 heterocycles. The number of thiophene rings is 1. The molecule has 0 aliphatic heterocycles. The fourth-order valence-electron chi connectivity index (χ4n) is 3.56. The molecule has 0 saturated heterocycles. The van der Waals surface area contributed by atoms with Crippen LogP contribution in [-0.2, 0) is 32.9 Å². The van der Waals surface area contributed by atoms with E-state index in [0.29, 0.717) is 22.1 Å². The van der Waals surface area contributed by atoms with Crippen LogP contribution in [0.1, 0.15) is 21.5 Å². The molecule has 0 fully saturated rings. The lowest BCUT2D eigenvalue weighted by atomic mass is 10.0. The number of carboxylic acid groups (broad SMARTS) is 1. The maximum atomic E-state index is 13.6. The molecular formula is C25H21NO6S3. The van der Waals surface area contributed by atoms with Crippen LogP contribution in [0.2, 0.25) is 0 Å². The van der Waals surface area contributed by atoms with Crippen LogP contribution in [0.15, 0.2) is 105 Å². The Kier molecular flexibility index (Phi) is 7.06. The average molecular weight is 528 g/mol. The van der Waals surface area contributed by atoms with E-state index < -0.39 is 26.0 Å². The molecular weight excluding hydrogens is 506 g/mol. The Balaban J connectivity index is 1.73. The molecule has 35 heavy (non-hydrogen) atoms. The molecule has 0 spiro atoms. The van der Waals surface area contributed by atoms with Crippen LogP contribution in [0.3, 0.4) is 0 Å². The van der Waals surface area contributed by atoms with E-state index in [9.17, 15) is 26.7 Å². The minimum Gasteiger partial charge on any atom is -0.478 e. The second kappa shape index (κ2) is 10.0. The summed E-state index contributed by atoms with van der Waals surface area (Å²) in [5.41, 5.74) is 1.69.